The molecule has 0 aliphatic heterocycles. The number of hydrogen-bond donors (Lipinski definition) is 3. The lowest BCUT2D eigenvalue weighted by atomic mass is 9.86. The quantitative estimate of drug-likeness (QED) is 0.203. The zero-order valence-corrected chi connectivity index (χ0v) is 23.6. The van der Waals surface area contributed by atoms with E-state index in [1.165, 1.54) is 22.3 Å². The second-order valence-electron chi connectivity index (χ2n) is 11.5. The largest absolute Gasteiger partial charge is 0.481 e. The zero-order valence-electron chi connectivity index (χ0n) is 23.6. The number of rotatable bonds is 14. The zero-order chi connectivity index (χ0) is 27.5. The van der Waals surface area contributed by atoms with E-state index in [0.717, 1.165) is 24.3 Å². The summed E-state index contributed by atoms with van der Waals surface area (Å²) in [5, 5.41) is 15.6. The van der Waals surface area contributed by atoms with Gasteiger partial charge in [0.15, 0.2) is 0 Å². The first-order valence-electron chi connectivity index (χ1n) is 13.7. The first kappa shape index (κ1) is 29.4. The van der Waals surface area contributed by atoms with Gasteiger partial charge < -0.3 is 20.5 Å². The van der Waals surface area contributed by atoms with E-state index >= 15 is 0 Å². The van der Waals surface area contributed by atoms with Crippen LogP contribution in [0.5, 0.6) is 0 Å². The van der Waals surface area contributed by atoms with Crippen LogP contribution < -0.4 is 10.6 Å². The number of carbonyl (C=O) groups is 1. The number of benzene rings is 3. The molecule has 3 aromatic carbocycles. The first-order chi connectivity index (χ1) is 18.1. The minimum absolute atomic E-state index is 0.127. The lowest BCUT2D eigenvalue weighted by Crippen LogP contribution is -2.28. The smallest absolute Gasteiger partial charge is 0.304 e. The Bertz CT molecular complexity index is 1110. The molecular weight excluding hydrogens is 472 g/mol. The van der Waals surface area contributed by atoms with Crippen LogP contribution in [0, 0.1) is 5.92 Å². The number of aliphatic carboxylic acids is 1. The molecule has 0 fully saturated rings. The predicted octanol–water partition coefficient (Wildman–Crippen LogP) is 6.91. The lowest BCUT2D eigenvalue weighted by molar-refractivity contribution is -0.136. The third-order valence-corrected chi connectivity index (χ3v) is 6.46. The van der Waals surface area contributed by atoms with Crippen molar-refractivity contribution in [2.75, 3.05) is 25.1 Å². The third-order valence-electron chi connectivity index (χ3n) is 6.46. The van der Waals surface area contributed by atoms with Crippen LogP contribution in [0.25, 0.3) is 11.1 Å². The summed E-state index contributed by atoms with van der Waals surface area (Å²) in [6.45, 7) is 13.5. The van der Waals surface area contributed by atoms with Gasteiger partial charge in [0.05, 0.1) is 19.1 Å². The fourth-order valence-corrected chi connectivity index (χ4v) is 4.26. The van der Waals surface area contributed by atoms with Crippen LogP contribution in [0.1, 0.15) is 57.7 Å². The minimum atomic E-state index is -0.785. The summed E-state index contributed by atoms with van der Waals surface area (Å²) in [5.41, 5.74) is 7.40. The van der Waals surface area contributed by atoms with E-state index in [2.05, 4.69) is 118 Å². The summed E-state index contributed by atoms with van der Waals surface area (Å²) < 4.78 is 6.02. The minimum Gasteiger partial charge on any atom is -0.481 e. The van der Waals surface area contributed by atoms with Gasteiger partial charge in [-0.25, -0.2) is 0 Å². The summed E-state index contributed by atoms with van der Waals surface area (Å²) in [7, 11) is 0. The third kappa shape index (κ3) is 9.96. The Morgan fingerprint density at radius 3 is 1.97 bits per heavy atom. The van der Waals surface area contributed by atoms with E-state index in [1.807, 2.05) is 0 Å². The van der Waals surface area contributed by atoms with Crippen molar-refractivity contribution in [3.63, 3.8) is 0 Å². The molecule has 3 aromatic rings. The number of ether oxygens (including phenoxy) is 1. The van der Waals surface area contributed by atoms with E-state index in [0.29, 0.717) is 25.6 Å². The molecule has 0 saturated heterocycles. The van der Waals surface area contributed by atoms with E-state index in [-0.39, 0.29) is 17.9 Å². The number of carboxylic acids is 1. The fraction of sp³-hybridized carbons (Fsp3) is 0.424. The first-order valence-corrected chi connectivity index (χ1v) is 13.7. The van der Waals surface area contributed by atoms with E-state index < -0.39 is 5.97 Å². The average Bonchev–Trinajstić information content (AvgIpc) is 2.87. The molecule has 3 N–H and O–H groups in total. The SMILES string of the molecule is CC(C)COC[C@@H](Cc1ccc(-c2ccc(C(C)(C)C)cc2)cc1)Nc1ccc(CNCCC(=O)O)cc1. The summed E-state index contributed by atoms with van der Waals surface area (Å²) >= 11 is 0. The molecule has 0 spiro atoms. The standard InChI is InChI=1S/C33H44N2O3/c1-24(2)22-38-23-31(35-30-16-8-26(9-17-30)21-34-19-18-32(36)37)20-25-6-10-27(11-7-25)28-12-14-29(15-13-28)33(3,4)5/h6-17,24,31,34-35H,18-23H2,1-5H3,(H,36,37)/t31-/m1/s1. The van der Waals surface area contributed by atoms with Gasteiger partial charge in [0.2, 0.25) is 0 Å². The Morgan fingerprint density at radius 1 is 0.842 bits per heavy atom. The summed E-state index contributed by atoms with van der Waals surface area (Å²) in [6.07, 6.45) is 0.988. The highest BCUT2D eigenvalue weighted by Gasteiger charge is 2.14. The van der Waals surface area contributed by atoms with Crippen molar-refractivity contribution in [3.8, 4) is 11.1 Å². The Balaban J connectivity index is 1.62. The maximum Gasteiger partial charge on any atom is 0.304 e. The number of nitrogens with one attached hydrogen (secondary N) is 2. The molecule has 0 radical (unpaired) electrons. The number of carboxylic acid groups (broad SMARTS) is 1. The van der Waals surface area contributed by atoms with Crippen LogP contribution in [-0.4, -0.2) is 36.9 Å². The molecule has 0 saturated carbocycles. The average molecular weight is 517 g/mol. The Morgan fingerprint density at radius 2 is 1.42 bits per heavy atom. The molecule has 0 heterocycles. The molecule has 3 rings (SSSR count). The van der Waals surface area contributed by atoms with Crippen molar-refractivity contribution in [3.05, 3.63) is 89.5 Å². The Labute approximate surface area is 228 Å². The monoisotopic (exact) mass is 516 g/mol. The molecule has 204 valence electrons. The van der Waals surface area contributed by atoms with Gasteiger partial charge in [0, 0.05) is 25.4 Å². The Kier molecular flexibility index (Phi) is 10.9. The van der Waals surface area contributed by atoms with Gasteiger partial charge in [0.25, 0.3) is 0 Å². The van der Waals surface area contributed by atoms with Gasteiger partial charge in [-0.15, -0.1) is 0 Å². The van der Waals surface area contributed by atoms with Crippen molar-refractivity contribution >= 4 is 11.7 Å². The lowest BCUT2D eigenvalue weighted by Gasteiger charge is -2.21. The molecule has 0 aromatic heterocycles. The topological polar surface area (TPSA) is 70.6 Å². The predicted molar refractivity (Wildman–Crippen MR) is 158 cm³/mol. The van der Waals surface area contributed by atoms with Gasteiger partial charge in [-0.05, 0) is 57.7 Å². The second-order valence-corrected chi connectivity index (χ2v) is 11.5. The van der Waals surface area contributed by atoms with Crippen molar-refractivity contribution < 1.29 is 14.6 Å². The van der Waals surface area contributed by atoms with Crippen LogP contribution in [0.4, 0.5) is 5.69 Å². The van der Waals surface area contributed by atoms with Crippen LogP contribution >= 0.6 is 0 Å². The molecule has 5 nitrogen and oxygen atoms in total. The molecule has 0 aliphatic rings. The van der Waals surface area contributed by atoms with Crippen molar-refractivity contribution in [2.24, 2.45) is 5.92 Å². The van der Waals surface area contributed by atoms with Gasteiger partial charge in [-0.3, -0.25) is 4.79 Å². The van der Waals surface area contributed by atoms with Crippen molar-refractivity contribution in [2.45, 2.75) is 65.5 Å². The van der Waals surface area contributed by atoms with E-state index in [4.69, 9.17) is 9.84 Å². The van der Waals surface area contributed by atoms with E-state index in [1.54, 1.807) is 0 Å². The summed E-state index contributed by atoms with van der Waals surface area (Å²) in [4.78, 5) is 10.7. The summed E-state index contributed by atoms with van der Waals surface area (Å²) in [5.74, 6) is -0.292. The Hall–Kier alpha value is -3.15. The van der Waals surface area contributed by atoms with Gasteiger partial charge in [0.1, 0.15) is 0 Å². The fourth-order valence-electron chi connectivity index (χ4n) is 4.26. The van der Waals surface area contributed by atoms with Crippen molar-refractivity contribution in [1.29, 1.82) is 0 Å². The van der Waals surface area contributed by atoms with Crippen LogP contribution in [0.2, 0.25) is 0 Å². The normalized spacial score (nSPS) is 12.5. The molecule has 0 aliphatic carbocycles. The molecule has 0 bridgehead atoms. The molecule has 0 amide bonds. The second kappa shape index (κ2) is 14.1. The molecular formula is C33H44N2O3. The molecule has 0 unspecified atom stereocenters. The van der Waals surface area contributed by atoms with Gasteiger partial charge in [-0.2, -0.15) is 0 Å². The van der Waals surface area contributed by atoms with Crippen LogP contribution in [-0.2, 0) is 27.9 Å². The van der Waals surface area contributed by atoms with Crippen LogP contribution in [0.15, 0.2) is 72.8 Å². The molecule has 5 heteroatoms. The number of anilines is 1. The van der Waals surface area contributed by atoms with Gasteiger partial charge in [-0.1, -0.05) is 95.3 Å². The highest BCUT2D eigenvalue weighted by molar-refractivity contribution is 5.67. The number of hydrogen-bond acceptors (Lipinski definition) is 4. The molecule has 38 heavy (non-hydrogen) atoms. The summed E-state index contributed by atoms with van der Waals surface area (Å²) in [6, 6.07) is 26.2. The maximum absolute atomic E-state index is 10.7. The highest BCUT2D eigenvalue weighted by Crippen LogP contribution is 2.26. The van der Waals surface area contributed by atoms with Crippen molar-refractivity contribution in [1.82, 2.24) is 5.32 Å². The maximum atomic E-state index is 10.7. The highest BCUT2D eigenvalue weighted by atomic mass is 16.5. The van der Waals surface area contributed by atoms with Gasteiger partial charge >= 0.3 is 5.97 Å². The molecule has 1 atom stereocenters. The van der Waals surface area contributed by atoms with Crippen LogP contribution in [0.3, 0.4) is 0 Å². The van der Waals surface area contributed by atoms with E-state index in [9.17, 15) is 4.79 Å².